The topological polar surface area (TPSA) is 38.0 Å². The first kappa shape index (κ1) is 10.8. The van der Waals surface area contributed by atoms with Crippen LogP contribution in [0.25, 0.3) is 0 Å². The highest BCUT2D eigenvalue weighted by atomic mass is 19.1. The molecule has 1 aromatic carbocycles. The van der Waals surface area contributed by atoms with Gasteiger partial charge in [-0.05, 0) is 24.6 Å². The average molecular weight is 196 g/mol. The molecule has 3 N–H and O–H groups in total. The lowest BCUT2D eigenvalue weighted by molar-refractivity contribution is 0.628. The molecule has 0 amide bonds. The first-order chi connectivity index (χ1) is 6.74. The van der Waals surface area contributed by atoms with Crippen molar-refractivity contribution >= 4 is 11.4 Å². The van der Waals surface area contributed by atoms with Gasteiger partial charge >= 0.3 is 0 Å². The third-order valence-corrected chi connectivity index (χ3v) is 2.11. The summed E-state index contributed by atoms with van der Waals surface area (Å²) in [6.45, 7) is 3.00. The van der Waals surface area contributed by atoms with Crippen LogP contribution in [0, 0.1) is 5.82 Å². The molecule has 0 aliphatic heterocycles. The number of anilines is 2. The Morgan fingerprint density at radius 3 is 2.86 bits per heavy atom. The predicted molar refractivity (Wildman–Crippen MR) is 58.8 cm³/mol. The lowest BCUT2D eigenvalue weighted by Crippen LogP contribution is -2.04. The summed E-state index contributed by atoms with van der Waals surface area (Å²) in [4.78, 5) is 0. The molecule has 0 aliphatic carbocycles. The van der Waals surface area contributed by atoms with Gasteiger partial charge in [0.2, 0.25) is 0 Å². The fourth-order valence-corrected chi connectivity index (χ4v) is 1.28. The molecule has 14 heavy (non-hydrogen) atoms. The van der Waals surface area contributed by atoms with Crippen molar-refractivity contribution in [2.24, 2.45) is 0 Å². The molecule has 0 heterocycles. The summed E-state index contributed by atoms with van der Waals surface area (Å²) in [5, 5.41) is 3.12. The van der Waals surface area contributed by atoms with Gasteiger partial charge in [0, 0.05) is 6.54 Å². The van der Waals surface area contributed by atoms with Gasteiger partial charge in [-0.1, -0.05) is 19.8 Å². The minimum atomic E-state index is -0.253. The van der Waals surface area contributed by atoms with Crippen LogP contribution in [0.4, 0.5) is 15.8 Å². The van der Waals surface area contributed by atoms with E-state index in [0.717, 1.165) is 13.0 Å². The number of nitrogens with one attached hydrogen (secondary N) is 1. The minimum absolute atomic E-state index is 0.253. The monoisotopic (exact) mass is 196 g/mol. The lowest BCUT2D eigenvalue weighted by atomic mass is 10.2. The second-order valence-corrected chi connectivity index (χ2v) is 3.37. The van der Waals surface area contributed by atoms with Crippen molar-refractivity contribution in [3.05, 3.63) is 24.0 Å². The average Bonchev–Trinajstić information content (AvgIpc) is 2.18. The molecular weight excluding hydrogens is 179 g/mol. The molecule has 0 fully saturated rings. The lowest BCUT2D eigenvalue weighted by Gasteiger charge is -2.08. The van der Waals surface area contributed by atoms with Gasteiger partial charge < -0.3 is 11.1 Å². The summed E-state index contributed by atoms with van der Waals surface area (Å²) >= 11 is 0. The van der Waals surface area contributed by atoms with Crippen molar-refractivity contribution in [3.63, 3.8) is 0 Å². The fraction of sp³-hybridized carbons (Fsp3) is 0.455. The molecule has 3 heteroatoms. The van der Waals surface area contributed by atoms with E-state index in [1.807, 2.05) is 0 Å². The Morgan fingerprint density at radius 1 is 1.36 bits per heavy atom. The number of benzene rings is 1. The predicted octanol–water partition coefficient (Wildman–Crippen LogP) is 3.01. The number of nitrogen functional groups attached to an aromatic ring is 1. The standard InChI is InChI=1S/C11H17FN2/c1-2-3-4-7-14-11-8-9(12)5-6-10(11)13/h5-6,8,14H,2-4,7,13H2,1H3. The van der Waals surface area contributed by atoms with Gasteiger partial charge in [0.25, 0.3) is 0 Å². The summed E-state index contributed by atoms with van der Waals surface area (Å²) in [6, 6.07) is 4.38. The van der Waals surface area contributed by atoms with Gasteiger partial charge in [-0.25, -0.2) is 4.39 Å². The molecule has 0 aliphatic rings. The van der Waals surface area contributed by atoms with Crippen molar-refractivity contribution in [3.8, 4) is 0 Å². The van der Waals surface area contributed by atoms with Gasteiger partial charge in [-0.3, -0.25) is 0 Å². The quantitative estimate of drug-likeness (QED) is 0.561. The highest BCUT2D eigenvalue weighted by Crippen LogP contribution is 2.18. The van der Waals surface area contributed by atoms with E-state index in [4.69, 9.17) is 5.73 Å². The highest BCUT2D eigenvalue weighted by molar-refractivity contribution is 5.65. The number of hydrogen-bond acceptors (Lipinski definition) is 2. The Bertz CT molecular complexity index is 287. The first-order valence-electron chi connectivity index (χ1n) is 5.03. The van der Waals surface area contributed by atoms with Gasteiger partial charge in [0.05, 0.1) is 11.4 Å². The minimum Gasteiger partial charge on any atom is -0.397 e. The van der Waals surface area contributed by atoms with Crippen molar-refractivity contribution in [2.45, 2.75) is 26.2 Å². The van der Waals surface area contributed by atoms with Crippen LogP contribution in [0.15, 0.2) is 18.2 Å². The molecule has 0 bridgehead atoms. The molecule has 0 spiro atoms. The van der Waals surface area contributed by atoms with E-state index in [-0.39, 0.29) is 5.82 Å². The van der Waals surface area contributed by atoms with Crippen LogP contribution in [0.5, 0.6) is 0 Å². The largest absolute Gasteiger partial charge is 0.397 e. The molecule has 0 unspecified atom stereocenters. The molecule has 0 radical (unpaired) electrons. The van der Waals surface area contributed by atoms with Crippen LogP contribution in [0.1, 0.15) is 26.2 Å². The molecule has 0 saturated carbocycles. The molecule has 78 valence electrons. The number of hydrogen-bond donors (Lipinski definition) is 2. The molecule has 0 atom stereocenters. The van der Waals surface area contributed by atoms with Crippen LogP contribution in [0.2, 0.25) is 0 Å². The Kier molecular flexibility index (Phi) is 4.23. The normalized spacial score (nSPS) is 10.1. The smallest absolute Gasteiger partial charge is 0.125 e. The molecule has 1 rings (SSSR count). The van der Waals surface area contributed by atoms with Crippen LogP contribution >= 0.6 is 0 Å². The Morgan fingerprint density at radius 2 is 2.14 bits per heavy atom. The summed E-state index contributed by atoms with van der Waals surface area (Å²) in [7, 11) is 0. The van der Waals surface area contributed by atoms with Crippen molar-refractivity contribution in [1.29, 1.82) is 0 Å². The zero-order valence-electron chi connectivity index (χ0n) is 8.52. The number of halogens is 1. The Labute approximate surface area is 84.3 Å². The second kappa shape index (κ2) is 5.47. The highest BCUT2D eigenvalue weighted by Gasteiger charge is 1.99. The van der Waals surface area contributed by atoms with E-state index < -0.39 is 0 Å². The van der Waals surface area contributed by atoms with Gasteiger partial charge in [0.15, 0.2) is 0 Å². The van der Waals surface area contributed by atoms with E-state index in [0.29, 0.717) is 11.4 Å². The zero-order chi connectivity index (χ0) is 10.4. The number of rotatable bonds is 5. The van der Waals surface area contributed by atoms with E-state index in [1.54, 1.807) is 6.07 Å². The Balaban J connectivity index is 2.45. The molecule has 1 aromatic rings. The third kappa shape index (κ3) is 3.24. The van der Waals surface area contributed by atoms with Gasteiger partial charge in [-0.15, -0.1) is 0 Å². The van der Waals surface area contributed by atoms with E-state index >= 15 is 0 Å². The van der Waals surface area contributed by atoms with Crippen LogP contribution in [0.3, 0.4) is 0 Å². The maximum atomic E-state index is 12.8. The van der Waals surface area contributed by atoms with Crippen LogP contribution in [-0.2, 0) is 0 Å². The number of nitrogens with two attached hydrogens (primary N) is 1. The third-order valence-electron chi connectivity index (χ3n) is 2.11. The summed E-state index contributed by atoms with van der Waals surface area (Å²) in [5.41, 5.74) is 6.97. The molecule has 2 nitrogen and oxygen atoms in total. The fourth-order valence-electron chi connectivity index (χ4n) is 1.28. The first-order valence-corrected chi connectivity index (χ1v) is 5.03. The molecule has 0 saturated heterocycles. The maximum Gasteiger partial charge on any atom is 0.125 e. The maximum absolute atomic E-state index is 12.8. The van der Waals surface area contributed by atoms with Crippen LogP contribution in [-0.4, -0.2) is 6.54 Å². The van der Waals surface area contributed by atoms with Crippen LogP contribution < -0.4 is 11.1 Å². The van der Waals surface area contributed by atoms with E-state index in [9.17, 15) is 4.39 Å². The van der Waals surface area contributed by atoms with E-state index in [2.05, 4.69) is 12.2 Å². The summed E-state index contributed by atoms with van der Waals surface area (Å²) in [5.74, 6) is -0.253. The van der Waals surface area contributed by atoms with Crippen molar-refractivity contribution in [2.75, 3.05) is 17.6 Å². The molecule has 0 aromatic heterocycles. The van der Waals surface area contributed by atoms with Crippen molar-refractivity contribution < 1.29 is 4.39 Å². The van der Waals surface area contributed by atoms with Gasteiger partial charge in [0.1, 0.15) is 5.82 Å². The summed E-state index contributed by atoms with van der Waals surface area (Å²) < 4.78 is 12.8. The SMILES string of the molecule is CCCCCNc1cc(F)ccc1N. The number of unbranched alkanes of at least 4 members (excludes halogenated alkanes) is 2. The molecular formula is C11H17FN2. The zero-order valence-corrected chi connectivity index (χ0v) is 8.52. The second-order valence-electron chi connectivity index (χ2n) is 3.37. The summed E-state index contributed by atoms with van der Waals surface area (Å²) in [6.07, 6.45) is 3.45. The van der Waals surface area contributed by atoms with E-state index in [1.165, 1.54) is 25.0 Å². The van der Waals surface area contributed by atoms with Gasteiger partial charge in [-0.2, -0.15) is 0 Å². The Hall–Kier alpha value is -1.25. The van der Waals surface area contributed by atoms with Crippen molar-refractivity contribution in [1.82, 2.24) is 0 Å².